The molecule has 0 saturated carbocycles. The number of fused-ring (bicyclic) bond motifs is 6. The molecule has 14 heteroatoms. The molecule has 2 amide bonds. The van der Waals surface area contributed by atoms with Crippen LogP contribution in [0.3, 0.4) is 0 Å². The van der Waals surface area contributed by atoms with Gasteiger partial charge in [-0.2, -0.15) is 26.3 Å². The van der Waals surface area contributed by atoms with Crippen molar-refractivity contribution < 1.29 is 55.2 Å². The maximum atomic E-state index is 14.0. The fourth-order valence-electron chi connectivity index (χ4n) is 5.91. The van der Waals surface area contributed by atoms with E-state index in [1.807, 2.05) is 0 Å². The second kappa shape index (κ2) is 12.9. The van der Waals surface area contributed by atoms with Crippen molar-refractivity contribution in [1.29, 1.82) is 0 Å². The summed E-state index contributed by atoms with van der Waals surface area (Å²) >= 11 is 0. The van der Waals surface area contributed by atoms with Gasteiger partial charge in [-0.25, -0.2) is 0 Å². The first-order valence-electron chi connectivity index (χ1n) is 15.1. The highest BCUT2D eigenvalue weighted by Crippen LogP contribution is 2.43. The number of halogens is 6. The molecule has 0 spiro atoms. The monoisotopic (exact) mass is 686 g/mol. The van der Waals surface area contributed by atoms with Crippen molar-refractivity contribution >= 4 is 11.8 Å². The van der Waals surface area contributed by atoms with Crippen LogP contribution >= 0.6 is 0 Å². The van der Waals surface area contributed by atoms with Crippen molar-refractivity contribution in [2.45, 2.75) is 31.2 Å². The van der Waals surface area contributed by atoms with Crippen LogP contribution in [0.1, 0.15) is 61.0 Å². The van der Waals surface area contributed by atoms with E-state index in [0.717, 1.165) is 0 Å². The van der Waals surface area contributed by atoms with Gasteiger partial charge in [0.2, 0.25) is 0 Å². The smallest absolute Gasteiger partial charge is 0.416 e. The van der Waals surface area contributed by atoms with Crippen molar-refractivity contribution in [2.24, 2.45) is 0 Å². The molecule has 0 saturated heterocycles. The van der Waals surface area contributed by atoms with E-state index in [0.29, 0.717) is 46.7 Å². The molecule has 0 fully saturated rings. The average molecular weight is 687 g/mol. The Labute approximate surface area is 275 Å². The molecule has 3 heterocycles. The summed E-state index contributed by atoms with van der Waals surface area (Å²) in [4.78, 5) is 28.1. The molecule has 8 nitrogen and oxygen atoms in total. The van der Waals surface area contributed by atoms with Crippen LogP contribution in [0.2, 0.25) is 0 Å². The minimum atomic E-state index is -5.13. The van der Waals surface area contributed by atoms with E-state index in [9.17, 15) is 41.0 Å². The predicted octanol–water partition coefficient (Wildman–Crippen LogP) is 7.53. The Balaban J connectivity index is 1.48. The zero-order chi connectivity index (χ0) is 35.1. The second-order valence-corrected chi connectivity index (χ2v) is 11.5. The van der Waals surface area contributed by atoms with Crippen LogP contribution in [0.4, 0.5) is 26.3 Å². The van der Waals surface area contributed by atoms with Gasteiger partial charge >= 0.3 is 12.4 Å². The standard InChI is InChI=1S/C35H28F6N2O6/c1-47-29-8-3-20-16-30(29)48-12-2-10-42-32(45)27-18-25(5-7-28(27)44)49-24-4-6-26-19(15-24)9-11-43(31(20)26)33(46)21-13-22(34(36,37)38)17-23(14-21)35(39,40)41/h3-8,13-18,31,44H,2,9-12H2,1H3,(H,42,45). The van der Waals surface area contributed by atoms with Crippen LogP contribution in [0.5, 0.6) is 28.7 Å². The third kappa shape index (κ3) is 6.94. The second-order valence-electron chi connectivity index (χ2n) is 11.5. The number of phenols is 1. The molecular formula is C35H28F6N2O6. The Bertz CT molecular complexity index is 1890. The molecule has 256 valence electrons. The first-order chi connectivity index (χ1) is 23.2. The molecule has 3 aliphatic heterocycles. The van der Waals surface area contributed by atoms with Gasteiger partial charge < -0.3 is 29.5 Å². The zero-order valence-corrected chi connectivity index (χ0v) is 25.7. The summed E-state index contributed by atoms with van der Waals surface area (Å²) in [6.45, 7) is 0.216. The summed E-state index contributed by atoms with van der Waals surface area (Å²) in [5.74, 6) is -0.614. The van der Waals surface area contributed by atoms with Crippen LogP contribution < -0.4 is 19.5 Å². The first kappa shape index (κ1) is 33.5. The molecule has 4 aromatic carbocycles. The van der Waals surface area contributed by atoms with Gasteiger partial charge in [-0.05, 0) is 90.2 Å². The number of ether oxygens (including phenoxy) is 3. The van der Waals surface area contributed by atoms with E-state index in [2.05, 4.69) is 5.32 Å². The molecule has 4 aromatic rings. The number of carbonyl (C=O) groups is 2. The Morgan fingerprint density at radius 1 is 0.918 bits per heavy atom. The van der Waals surface area contributed by atoms with E-state index in [1.165, 1.54) is 30.2 Å². The summed E-state index contributed by atoms with van der Waals surface area (Å²) in [6.07, 6.45) is -9.75. The molecular weight excluding hydrogens is 658 g/mol. The number of benzene rings is 4. The molecule has 0 aliphatic carbocycles. The summed E-state index contributed by atoms with van der Waals surface area (Å²) in [7, 11) is 1.42. The molecule has 1 unspecified atom stereocenters. The number of alkyl halides is 6. The number of carbonyl (C=O) groups excluding carboxylic acids is 2. The average Bonchev–Trinajstić information content (AvgIpc) is 3.06. The number of amides is 2. The number of phenolic OH excluding ortho intramolecular Hbond substituents is 1. The molecule has 3 aliphatic rings. The van der Waals surface area contributed by atoms with E-state index in [-0.39, 0.29) is 55.0 Å². The first-order valence-corrected chi connectivity index (χ1v) is 15.1. The zero-order valence-electron chi connectivity index (χ0n) is 25.7. The van der Waals surface area contributed by atoms with Gasteiger partial charge in [0.1, 0.15) is 17.2 Å². The third-order valence-corrected chi connectivity index (χ3v) is 8.25. The molecule has 1 atom stereocenters. The lowest BCUT2D eigenvalue weighted by Gasteiger charge is -2.38. The van der Waals surface area contributed by atoms with Crippen LogP contribution in [-0.2, 0) is 18.8 Å². The lowest BCUT2D eigenvalue weighted by molar-refractivity contribution is -0.143. The molecule has 7 rings (SSSR count). The number of hydrogen-bond donors (Lipinski definition) is 2. The summed E-state index contributed by atoms with van der Waals surface area (Å²) in [6, 6.07) is 13.8. The Morgan fingerprint density at radius 3 is 2.31 bits per heavy atom. The third-order valence-electron chi connectivity index (χ3n) is 8.25. The SMILES string of the molecule is COc1ccc2cc1OCCCNC(=O)c1cc(ccc1O)Oc1ccc3c(c1)CCN(C(=O)c1cc(C(F)(F)F)cc(C(F)(F)F)c1)C23. The maximum absolute atomic E-state index is 14.0. The number of nitrogens with zero attached hydrogens (tertiary/aromatic N) is 1. The van der Waals surface area contributed by atoms with E-state index in [1.54, 1.807) is 36.4 Å². The normalized spacial score (nSPS) is 16.5. The fraction of sp³-hybridized carbons (Fsp3) is 0.257. The molecule has 0 radical (unpaired) electrons. The van der Waals surface area contributed by atoms with Crippen LogP contribution in [0, 0.1) is 0 Å². The van der Waals surface area contributed by atoms with Crippen LogP contribution in [0.25, 0.3) is 0 Å². The van der Waals surface area contributed by atoms with E-state index in [4.69, 9.17) is 14.2 Å². The van der Waals surface area contributed by atoms with Gasteiger partial charge in [0.25, 0.3) is 11.8 Å². The Kier molecular flexibility index (Phi) is 8.82. The minimum Gasteiger partial charge on any atom is -0.507 e. The van der Waals surface area contributed by atoms with Gasteiger partial charge in [-0.3, -0.25) is 9.59 Å². The van der Waals surface area contributed by atoms with Crippen molar-refractivity contribution in [3.63, 3.8) is 0 Å². The Hall–Kier alpha value is -5.40. The predicted molar refractivity (Wildman–Crippen MR) is 163 cm³/mol. The van der Waals surface area contributed by atoms with Gasteiger partial charge in [0.15, 0.2) is 11.5 Å². The molecule has 8 bridgehead atoms. The lowest BCUT2D eigenvalue weighted by Crippen LogP contribution is -2.40. The van der Waals surface area contributed by atoms with Gasteiger partial charge in [-0.1, -0.05) is 12.1 Å². The molecule has 0 aromatic heterocycles. The van der Waals surface area contributed by atoms with Crippen molar-refractivity contribution in [3.8, 4) is 28.7 Å². The Morgan fingerprint density at radius 2 is 1.61 bits per heavy atom. The summed E-state index contributed by atoms with van der Waals surface area (Å²) in [5.41, 5.74) is -2.25. The highest BCUT2D eigenvalue weighted by molar-refractivity contribution is 5.97. The molecule has 2 N–H and O–H groups in total. The van der Waals surface area contributed by atoms with E-state index < -0.39 is 46.9 Å². The van der Waals surface area contributed by atoms with Crippen LogP contribution in [-0.4, -0.2) is 48.6 Å². The van der Waals surface area contributed by atoms with Crippen LogP contribution in [0.15, 0.2) is 72.8 Å². The van der Waals surface area contributed by atoms with E-state index >= 15 is 0 Å². The highest BCUT2D eigenvalue weighted by Gasteiger charge is 2.40. The fourth-order valence-corrected chi connectivity index (χ4v) is 5.91. The number of hydrogen-bond acceptors (Lipinski definition) is 6. The van der Waals surface area contributed by atoms with Gasteiger partial charge in [0.05, 0.1) is 36.4 Å². The van der Waals surface area contributed by atoms with Crippen molar-refractivity contribution in [1.82, 2.24) is 10.2 Å². The number of aromatic hydroxyl groups is 1. The van der Waals surface area contributed by atoms with Crippen molar-refractivity contribution in [2.75, 3.05) is 26.8 Å². The topological polar surface area (TPSA) is 97.3 Å². The quantitative estimate of drug-likeness (QED) is 0.212. The molecule has 49 heavy (non-hydrogen) atoms. The minimum absolute atomic E-state index is 0.00986. The van der Waals surface area contributed by atoms with Gasteiger partial charge in [-0.15, -0.1) is 0 Å². The summed E-state index contributed by atoms with van der Waals surface area (Å²) < 4.78 is 99.7. The maximum Gasteiger partial charge on any atom is 0.416 e. The number of rotatable bonds is 2. The van der Waals surface area contributed by atoms with Crippen molar-refractivity contribution in [3.05, 3.63) is 112 Å². The van der Waals surface area contributed by atoms with Gasteiger partial charge in [0, 0.05) is 18.7 Å². The number of methoxy groups -OCH3 is 1. The number of nitrogens with one attached hydrogen (secondary N) is 1. The lowest BCUT2D eigenvalue weighted by atomic mass is 9.87. The largest absolute Gasteiger partial charge is 0.507 e. The highest BCUT2D eigenvalue weighted by atomic mass is 19.4. The summed E-state index contributed by atoms with van der Waals surface area (Å²) in [5, 5.41) is 13.0.